The van der Waals surface area contributed by atoms with E-state index in [2.05, 4.69) is 26.2 Å². The Morgan fingerprint density at radius 2 is 1.45 bits per heavy atom. The Morgan fingerprint density at radius 3 is 2.10 bits per heavy atom. The normalized spacial score (nSPS) is 13.8. The number of piperazine rings is 1. The first-order valence-electron chi connectivity index (χ1n) is 21.0. The Morgan fingerprint density at radius 1 is 0.793 bits per heavy atom. The fourth-order valence-corrected chi connectivity index (χ4v) is 6.43. The summed E-state index contributed by atoms with van der Waals surface area (Å²) in [6, 6.07) is 18.9. The minimum Gasteiger partial charge on any atom is -0.493 e. The Bertz CT molecular complexity index is 1690. The average Bonchev–Trinajstić information content (AvgIpc) is 3.23. The van der Waals surface area contributed by atoms with Gasteiger partial charge in [-0.1, -0.05) is 31.4 Å². The van der Waals surface area contributed by atoms with Crippen LogP contribution in [0.3, 0.4) is 0 Å². The number of ether oxygens (including phenoxy) is 5. The summed E-state index contributed by atoms with van der Waals surface area (Å²) in [7, 11) is 0. The van der Waals surface area contributed by atoms with Crippen molar-refractivity contribution < 1.29 is 28.5 Å². The van der Waals surface area contributed by atoms with E-state index in [1.807, 2.05) is 73.7 Å². The summed E-state index contributed by atoms with van der Waals surface area (Å²) in [4.78, 5) is 19.9. The number of aromatic nitrogens is 1. The van der Waals surface area contributed by atoms with Gasteiger partial charge in [-0.3, -0.25) is 4.98 Å². The molecular formula is C46H64N6O6. The van der Waals surface area contributed by atoms with Crippen LogP contribution in [0.1, 0.15) is 76.0 Å². The number of allylic oxidation sites excluding steroid dienone is 2. The van der Waals surface area contributed by atoms with E-state index in [9.17, 15) is 10.1 Å². The molecule has 0 spiro atoms. The van der Waals surface area contributed by atoms with E-state index in [0.717, 1.165) is 102 Å². The standard InChI is InChI=1S/C46H64N6O6/c1-2-13-44(35-42-36-46(39(37-47)38-49-42)50-41-16-18-43(19-17-41)58-45-15-11-14-40(48)34-45)57-29-12-21-52-24-22-51(23-25-52)20-7-3-5-9-27-54-30-32-56-33-31-55-28-10-6-4-8-26-53/h2,11,13-19,26,34-36,38H,3-10,12,20-25,27-33,48H2,1H3,(H,49,50)/b13-2-,44-35+. The molecule has 4 rings (SSSR count). The molecule has 3 N–H and O–H groups in total. The Kier molecular flexibility index (Phi) is 22.6. The van der Waals surface area contributed by atoms with E-state index in [-0.39, 0.29) is 0 Å². The van der Waals surface area contributed by atoms with Crippen LogP contribution in [0.5, 0.6) is 11.5 Å². The quantitative estimate of drug-likeness (QED) is 0.0220. The fourth-order valence-electron chi connectivity index (χ4n) is 6.43. The number of nitrogens with one attached hydrogen (secondary N) is 1. The molecule has 1 saturated heterocycles. The van der Waals surface area contributed by atoms with Gasteiger partial charge in [0.25, 0.3) is 0 Å². The van der Waals surface area contributed by atoms with Crippen LogP contribution < -0.4 is 15.8 Å². The molecule has 0 atom stereocenters. The van der Waals surface area contributed by atoms with E-state index in [0.29, 0.717) is 73.6 Å². The number of rotatable bonds is 30. The molecule has 0 amide bonds. The highest BCUT2D eigenvalue weighted by atomic mass is 16.5. The average molecular weight is 797 g/mol. The zero-order valence-corrected chi connectivity index (χ0v) is 34.5. The second-order valence-corrected chi connectivity index (χ2v) is 14.3. The number of hydrogen-bond acceptors (Lipinski definition) is 12. The molecule has 58 heavy (non-hydrogen) atoms. The SMILES string of the molecule is C/C=C\C(=C/c1cc(Nc2ccc(Oc3cccc(N)c3)cc2)c(C#N)cn1)OCCCN1CCN(CCCCCCOCCOCCOCCCCCC=O)CC1. The molecule has 1 aliphatic rings. The van der Waals surface area contributed by atoms with Crippen molar-refractivity contribution in [3.8, 4) is 17.6 Å². The number of benzene rings is 2. The third kappa shape index (κ3) is 19.1. The lowest BCUT2D eigenvalue weighted by atomic mass is 10.2. The van der Waals surface area contributed by atoms with Crippen LogP contribution in [0.4, 0.5) is 17.1 Å². The number of anilines is 3. The van der Waals surface area contributed by atoms with Crippen LogP contribution in [-0.4, -0.2) is 107 Å². The van der Waals surface area contributed by atoms with Gasteiger partial charge in [-0.15, -0.1) is 0 Å². The highest BCUT2D eigenvalue weighted by Gasteiger charge is 2.16. The second-order valence-electron chi connectivity index (χ2n) is 14.3. The minimum atomic E-state index is 0.444. The minimum absolute atomic E-state index is 0.444. The number of unbranched alkanes of at least 4 members (excludes halogenated alkanes) is 6. The molecule has 3 aromatic rings. The van der Waals surface area contributed by atoms with Crippen LogP contribution in [0.2, 0.25) is 0 Å². The number of nitrogens with zero attached hydrogens (tertiary/aromatic N) is 4. The number of nitrogen functional groups attached to an aromatic ring is 1. The van der Waals surface area contributed by atoms with Crippen molar-refractivity contribution in [1.82, 2.24) is 14.8 Å². The van der Waals surface area contributed by atoms with Gasteiger partial charge in [0.1, 0.15) is 29.6 Å². The molecule has 1 aromatic heterocycles. The van der Waals surface area contributed by atoms with Crippen molar-refractivity contribution in [1.29, 1.82) is 5.26 Å². The van der Waals surface area contributed by atoms with Crippen molar-refractivity contribution in [2.75, 3.05) is 96.6 Å². The Balaban J connectivity index is 1.04. The van der Waals surface area contributed by atoms with E-state index < -0.39 is 0 Å². The van der Waals surface area contributed by atoms with Gasteiger partial charge in [-0.05, 0) is 94.1 Å². The van der Waals surface area contributed by atoms with Crippen LogP contribution in [0, 0.1) is 11.3 Å². The number of carbonyl (C=O) groups is 1. The van der Waals surface area contributed by atoms with Crippen molar-refractivity contribution >= 4 is 29.4 Å². The van der Waals surface area contributed by atoms with Gasteiger partial charge in [0, 0.05) is 82.1 Å². The molecule has 0 unspecified atom stereocenters. The molecule has 1 fully saturated rings. The first-order valence-corrected chi connectivity index (χ1v) is 21.0. The number of hydrogen-bond donors (Lipinski definition) is 2. The molecule has 2 heterocycles. The highest BCUT2D eigenvalue weighted by Crippen LogP contribution is 2.27. The number of nitrogens with two attached hydrogens (primary N) is 1. The maximum Gasteiger partial charge on any atom is 0.129 e. The molecule has 314 valence electrons. The van der Waals surface area contributed by atoms with Gasteiger partial charge >= 0.3 is 0 Å². The van der Waals surface area contributed by atoms with Gasteiger partial charge in [0.05, 0.1) is 50.0 Å². The van der Waals surface area contributed by atoms with E-state index >= 15 is 0 Å². The summed E-state index contributed by atoms with van der Waals surface area (Å²) in [5.41, 5.74) is 9.11. The third-order valence-corrected chi connectivity index (χ3v) is 9.61. The summed E-state index contributed by atoms with van der Waals surface area (Å²) in [5.74, 6) is 2.07. The Hall–Kier alpha value is -4.77. The lowest BCUT2D eigenvalue weighted by Gasteiger charge is -2.34. The largest absolute Gasteiger partial charge is 0.493 e. The van der Waals surface area contributed by atoms with Crippen molar-refractivity contribution in [2.45, 2.75) is 64.7 Å². The van der Waals surface area contributed by atoms with Gasteiger partial charge in [0.2, 0.25) is 0 Å². The van der Waals surface area contributed by atoms with Crippen molar-refractivity contribution in [3.63, 3.8) is 0 Å². The first-order chi connectivity index (χ1) is 28.6. The molecule has 12 heteroatoms. The zero-order chi connectivity index (χ0) is 40.9. The zero-order valence-electron chi connectivity index (χ0n) is 34.5. The van der Waals surface area contributed by atoms with E-state index in [1.165, 1.54) is 19.3 Å². The van der Waals surface area contributed by atoms with E-state index in [1.54, 1.807) is 12.3 Å². The van der Waals surface area contributed by atoms with E-state index in [4.69, 9.17) is 29.4 Å². The Labute approximate surface area is 345 Å². The summed E-state index contributed by atoms with van der Waals surface area (Å²) in [6.07, 6.45) is 17.7. The highest BCUT2D eigenvalue weighted by molar-refractivity contribution is 5.69. The predicted octanol–water partition coefficient (Wildman–Crippen LogP) is 8.38. The topological polar surface area (TPSA) is 144 Å². The third-order valence-electron chi connectivity index (χ3n) is 9.61. The maximum atomic E-state index is 10.3. The molecule has 12 nitrogen and oxygen atoms in total. The second kappa shape index (κ2) is 28.6. The van der Waals surface area contributed by atoms with Gasteiger partial charge in [-0.2, -0.15) is 5.26 Å². The van der Waals surface area contributed by atoms with Crippen molar-refractivity contribution in [2.24, 2.45) is 0 Å². The summed E-state index contributed by atoms with van der Waals surface area (Å²) in [6.45, 7) is 13.1. The van der Waals surface area contributed by atoms with Crippen LogP contribution in [0.25, 0.3) is 6.08 Å². The van der Waals surface area contributed by atoms with Crippen molar-refractivity contribution in [3.05, 3.63) is 90.0 Å². The number of nitriles is 1. The molecule has 0 radical (unpaired) electrons. The van der Waals surface area contributed by atoms with Crippen LogP contribution in [-0.2, 0) is 23.7 Å². The molecule has 1 aliphatic heterocycles. The summed E-state index contributed by atoms with van der Waals surface area (Å²) in [5, 5.41) is 13.1. The lowest BCUT2D eigenvalue weighted by Crippen LogP contribution is -2.46. The smallest absolute Gasteiger partial charge is 0.129 e. The predicted molar refractivity (Wildman–Crippen MR) is 231 cm³/mol. The van der Waals surface area contributed by atoms with Crippen LogP contribution >= 0.6 is 0 Å². The van der Waals surface area contributed by atoms with Gasteiger partial charge in [0.15, 0.2) is 0 Å². The number of pyridine rings is 1. The van der Waals surface area contributed by atoms with Crippen LogP contribution in [0.15, 0.2) is 78.7 Å². The monoisotopic (exact) mass is 796 g/mol. The first kappa shape index (κ1) is 45.9. The lowest BCUT2D eigenvalue weighted by molar-refractivity contribution is -0.107. The fraction of sp³-hybridized carbons (Fsp3) is 0.500. The van der Waals surface area contributed by atoms with Gasteiger partial charge in [-0.25, -0.2) is 0 Å². The molecular weight excluding hydrogens is 733 g/mol. The molecule has 0 saturated carbocycles. The molecule has 2 aromatic carbocycles. The summed E-state index contributed by atoms with van der Waals surface area (Å²) < 4.78 is 28.9. The number of aldehydes is 1. The maximum absolute atomic E-state index is 10.3. The summed E-state index contributed by atoms with van der Waals surface area (Å²) >= 11 is 0. The van der Waals surface area contributed by atoms with Gasteiger partial charge < -0.3 is 49.3 Å². The number of carbonyl (C=O) groups excluding carboxylic acids is 1. The molecule has 0 aliphatic carbocycles. The molecule has 0 bridgehead atoms.